The van der Waals surface area contributed by atoms with Crippen LogP contribution in [0, 0.1) is 25.7 Å². The molecule has 0 aliphatic heterocycles. The number of carbonyl (C=O) groups excluding carboxylic acids is 1. The number of ether oxygens (including phenoxy) is 1. The number of sulfonamides is 2. The molecule has 0 bridgehead atoms. The van der Waals surface area contributed by atoms with Gasteiger partial charge in [-0.3, -0.25) is 9.59 Å². The predicted molar refractivity (Wildman–Crippen MR) is 202 cm³/mol. The van der Waals surface area contributed by atoms with E-state index in [1.807, 2.05) is 90.1 Å². The van der Waals surface area contributed by atoms with E-state index in [0.717, 1.165) is 22.3 Å². The first-order chi connectivity index (χ1) is 24.4. The second-order valence-corrected chi connectivity index (χ2v) is 17.2. The molecule has 280 valence electrons. The van der Waals surface area contributed by atoms with Gasteiger partial charge in [0.2, 0.25) is 20.0 Å². The molecule has 0 fully saturated rings. The highest BCUT2D eigenvalue weighted by molar-refractivity contribution is 7.89. The second kappa shape index (κ2) is 18.9. The minimum atomic E-state index is -3.98. The van der Waals surface area contributed by atoms with Gasteiger partial charge in [0.1, 0.15) is 18.2 Å². The van der Waals surface area contributed by atoms with Crippen LogP contribution in [0.25, 0.3) is 0 Å². The number of aliphatic carboxylic acids is 1. The van der Waals surface area contributed by atoms with Crippen LogP contribution < -0.4 is 9.44 Å². The van der Waals surface area contributed by atoms with Crippen molar-refractivity contribution in [2.24, 2.45) is 11.8 Å². The van der Waals surface area contributed by atoms with Crippen molar-refractivity contribution in [3.05, 3.63) is 131 Å². The molecule has 0 spiro atoms. The number of aryl methyl sites for hydroxylation is 2. The topological polar surface area (TPSA) is 156 Å². The summed E-state index contributed by atoms with van der Waals surface area (Å²) in [5, 5.41) is 9.96. The second-order valence-electron chi connectivity index (χ2n) is 13.8. The van der Waals surface area contributed by atoms with E-state index in [1.165, 1.54) is 24.3 Å². The normalized spacial score (nSPS) is 13.5. The molecule has 0 unspecified atom stereocenters. The van der Waals surface area contributed by atoms with E-state index >= 15 is 0 Å². The first-order valence-corrected chi connectivity index (χ1v) is 20.1. The molecule has 4 aromatic rings. The van der Waals surface area contributed by atoms with Gasteiger partial charge in [-0.1, -0.05) is 124 Å². The van der Waals surface area contributed by atoms with Crippen LogP contribution in [0.5, 0.6) is 0 Å². The molecule has 0 amide bonds. The van der Waals surface area contributed by atoms with Crippen LogP contribution in [0.3, 0.4) is 0 Å². The Labute approximate surface area is 308 Å². The van der Waals surface area contributed by atoms with E-state index < -0.39 is 43.6 Å². The molecule has 4 rings (SSSR count). The number of hydrogen-bond acceptors (Lipinski definition) is 7. The van der Waals surface area contributed by atoms with Gasteiger partial charge in [-0.25, -0.2) is 16.8 Å². The summed E-state index contributed by atoms with van der Waals surface area (Å²) in [6, 6.07) is 30.3. The number of carboxylic acids is 1. The van der Waals surface area contributed by atoms with Gasteiger partial charge in [0, 0.05) is 6.42 Å². The van der Waals surface area contributed by atoms with Gasteiger partial charge in [0.25, 0.3) is 0 Å². The number of esters is 1. The highest BCUT2D eigenvalue weighted by atomic mass is 32.2. The lowest BCUT2D eigenvalue weighted by atomic mass is 9.84. The maximum Gasteiger partial charge on any atom is 0.325 e. The number of hydrogen-bond donors (Lipinski definition) is 3. The Morgan fingerprint density at radius 1 is 0.673 bits per heavy atom. The van der Waals surface area contributed by atoms with Gasteiger partial charge < -0.3 is 9.84 Å². The highest BCUT2D eigenvalue weighted by Gasteiger charge is 2.43. The smallest absolute Gasteiger partial charge is 0.325 e. The van der Waals surface area contributed by atoms with E-state index in [-0.39, 0.29) is 41.1 Å². The summed E-state index contributed by atoms with van der Waals surface area (Å²) in [5.41, 5.74) is 1.90. The SMILES string of the molecule is Cc1ccc(S(=O)(=O)N[C@@H](CC(C)C)C(=O)OCc2ccccc2)cc1.Cc1ccc(S(=O)(=O)N[C@](Cc2ccccc2)(CC(C)C)C(=O)O)cc1. The van der Waals surface area contributed by atoms with Crippen LogP contribution in [0.2, 0.25) is 0 Å². The molecule has 4 aromatic carbocycles. The Bertz CT molecular complexity index is 1950. The summed E-state index contributed by atoms with van der Waals surface area (Å²) >= 11 is 0. The largest absolute Gasteiger partial charge is 0.480 e. The average molecular weight is 751 g/mol. The van der Waals surface area contributed by atoms with Gasteiger partial charge in [-0.15, -0.1) is 0 Å². The highest BCUT2D eigenvalue weighted by Crippen LogP contribution is 2.26. The molecule has 3 N–H and O–H groups in total. The molecular weight excluding hydrogens is 701 g/mol. The zero-order valence-electron chi connectivity index (χ0n) is 30.6. The van der Waals surface area contributed by atoms with Crippen LogP contribution in [-0.4, -0.2) is 45.5 Å². The van der Waals surface area contributed by atoms with Crippen molar-refractivity contribution >= 4 is 32.0 Å². The molecule has 0 aliphatic carbocycles. The van der Waals surface area contributed by atoms with Crippen molar-refractivity contribution < 1.29 is 36.3 Å². The Morgan fingerprint density at radius 3 is 1.58 bits per heavy atom. The van der Waals surface area contributed by atoms with Crippen molar-refractivity contribution in [2.45, 2.75) is 88.8 Å². The third-order valence-corrected chi connectivity index (χ3v) is 11.1. The fraction of sp³-hybridized carbons (Fsp3) is 0.350. The van der Waals surface area contributed by atoms with Gasteiger partial charge in [0.15, 0.2) is 0 Å². The zero-order valence-corrected chi connectivity index (χ0v) is 32.2. The summed E-state index contributed by atoms with van der Waals surface area (Å²) in [5.74, 6) is -1.62. The molecule has 0 aliphatic rings. The quantitative estimate of drug-likeness (QED) is 0.105. The number of benzene rings is 4. The van der Waals surface area contributed by atoms with Gasteiger partial charge >= 0.3 is 11.9 Å². The molecule has 0 saturated heterocycles. The zero-order chi connectivity index (χ0) is 38.5. The Morgan fingerprint density at radius 2 is 1.13 bits per heavy atom. The summed E-state index contributed by atoms with van der Waals surface area (Å²) in [6.45, 7) is 11.5. The van der Waals surface area contributed by atoms with Crippen LogP contribution >= 0.6 is 0 Å². The van der Waals surface area contributed by atoms with Crippen LogP contribution in [0.4, 0.5) is 0 Å². The molecule has 12 heteroatoms. The molecular formula is C40H50N2O8S2. The molecule has 10 nitrogen and oxygen atoms in total. The van der Waals surface area contributed by atoms with Gasteiger partial charge in [0.05, 0.1) is 9.79 Å². The lowest BCUT2D eigenvalue weighted by molar-refractivity contribution is -0.147. The first kappa shape index (κ1) is 42.1. The Hall–Kier alpha value is -4.36. The number of carbonyl (C=O) groups is 2. The van der Waals surface area contributed by atoms with Crippen molar-refractivity contribution in [1.82, 2.24) is 9.44 Å². The van der Waals surface area contributed by atoms with Crippen LogP contribution in [0.1, 0.15) is 62.8 Å². The fourth-order valence-corrected chi connectivity index (χ4v) is 8.06. The average Bonchev–Trinajstić information content (AvgIpc) is 3.07. The standard InChI is InChI=1S/2C20H25NO4S/c1-15(2)13-20(19(22)23,14-17-7-5-4-6-8-17)21-26(24,25)18-11-9-16(3)10-12-18;1-15(2)13-19(20(22)25-14-17-7-5-4-6-8-17)21-26(23,24)18-11-9-16(3)10-12-18/h4-12,15,21H,13-14H2,1-3H3,(H,22,23);4-12,15,19,21H,13-14H2,1-3H3/t20-;19-/m00/s1. The maximum atomic E-state index is 12.9. The lowest BCUT2D eigenvalue weighted by Gasteiger charge is -2.32. The monoisotopic (exact) mass is 750 g/mol. The minimum Gasteiger partial charge on any atom is -0.480 e. The molecule has 2 atom stereocenters. The first-order valence-electron chi connectivity index (χ1n) is 17.1. The Kier molecular flexibility index (Phi) is 15.3. The van der Waals surface area contributed by atoms with Crippen molar-refractivity contribution in [3.8, 4) is 0 Å². The van der Waals surface area contributed by atoms with E-state index in [1.54, 1.807) is 36.4 Å². The molecule has 0 aromatic heterocycles. The number of nitrogens with one attached hydrogen (secondary N) is 2. The molecule has 0 saturated carbocycles. The van der Waals surface area contributed by atoms with E-state index in [9.17, 15) is 31.5 Å². The fourth-order valence-electron chi connectivity index (χ4n) is 5.50. The maximum absolute atomic E-state index is 12.9. The summed E-state index contributed by atoms with van der Waals surface area (Å²) in [7, 11) is -7.78. The third-order valence-electron chi connectivity index (χ3n) is 8.02. The van der Waals surface area contributed by atoms with Gasteiger partial charge in [-0.2, -0.15) is 9.44 Å². The number of rotatable bonds is 16. The number of carboxylic acid groups (broad SMARTS) is 1. The van der Waals surface area contributed by atoms with E-state index in [2.05, 4.69) is 9.44 Å². The van der Waals surface area contributed by atoms with Crippen molar-refractivity contribution in [2.75, 3.05) is 0 Å². The molecule has 52 heavy (non-hydrogen) atoms. The van der Waals surface area contributed by atoms with Gasteiger partial charge in [-0.05, 0) is 73.9 Å². The van der Waals surface area contributed by atoms with Crippen molar-refractivity contribution in [1.29, 1.82) is 0 Å². The summed E-state index contributed by atoms with van der Waals surface area (Å²) in [4.78, 5) is 24.9. The molecule has 0 radical (unpaired) electrons. The third kappa shape index (κ3) is 13.0. The summed E-state index contributed by atoms with van der Waals surface area (Å²) in [6.07, 6.45) is 0.619. The molecule has 0 heterocycles. The van der Waals surface area contributed by atoms with E-state index in [4.69, 9.17) is 4.74 Å². The predicted octanol–water partition coefficient (Wildman–Crippen LogP) is 6.82. The lowest BCUT2D eigenvalue weighted by Crippen LogP contribution is -2.56. The Balaban J connectivity index is 0.000000280. The minimum absolute atomic E-state index is 0.00414. The van der Waals surface area contributed by atoms with Crippen LogP contribution in [-0.2, 0) is 47.4 Å². The summed E-state index contributed by atoms with van der Waals surface area (Å²) < 4.78 is 61.2. The van der Waals surface area contributed by atoms with E-state index in [0.29, 0.717) is 6.42 Å². The van der Waals surface area contributed by atoms with Crippen molar-refractivity contribution in [3.63, 3.8) is 0 Å². The van der Waals surface area contributed by atoms with Crippen LogP contribution in [0.15, 0.2) is 119 Å².